The van der Waals surface area contributed by atoms with Crippen LogP contribution in [0.25, 0.3) is 10.2 Å². The van der Waals surface area contributed by atoms with E-state index in [0.29, 0.717) is 0 Å². The van der Waals surface area contributed by atoms with Crippen LogP contribution in [0.5, 0.6) is 0 Å². The number of fused-ring (bicyclic) bond motifs is 1. The van der Waals surface area contributed by atoms with E-state index in [-0.39, 0.29) is 5.54 Å². The third kappa shape index (κ3) is 1.28. The fourth-order valence-electron chi connectivity index (χ4n) is 1.74. The van der Waals surface area contributed by atoms with Crippen molar-refractivity contribution < 1.29 is 4.79 Å². The highest BCUT2D eigenvalue weighted by Gasteiger charge is 2.44. The molecule has 4 nitrogen and oxygen atoms in total. The Morgan fingerprint density at radius 3 is 3.07 bits per heavy atom. The number of isocyanates is 1. The molecule has 0 aliphatic heterocycles. The molecule has 1 aliphatic carbocycles. The first kappa shape index (κ1) is 8.71. The molecule has 0 amide bonds. The first-order valence-corrected chi connectivity index (χ1v) is 5.43. The van der Waals surface area contributed by atoms with E-state index in [2.05, 4.69) is 14.6 Å². The highest BCUT2D eigenvalue weighted by Crippen LogP contribution is 2.49. The summed E-state index contributed by atoms with van der Waals surface area (Å²) in [5, 5.41) is 3.97. The number of nitrogens with zero attached hydrogens (tertiary/aromatic N) is 3. The number of hydrogen-bond acceptors (Lipinski definition) is 5. The normalized spacial score (nSPS) is 17.3. The molecule has 2 aromatic rings. The van der Waals surface area contributed by atoms with Crippen LogP contribution in [-0.2, 0) is 10.3 Å². The maximum Gasteiger partial charge on any atom is 0.235 e. The van der Waals surface area contributed by atoms with Gasteiger partial charge in [0.2, 0.25) is 6.08 Å². The quantitative estimate of drug-likeness (QED) is 0.571. The van der Waals surface area contributed by atoms with Crippen molar-refractivity contribution in [2.75, 3.05) is 0 Å². The molecule has 74 valence electrons. The van der Waals surface area contributed by atoms with E-state index >= 15 is 0 Å². The number of carbonyl (C=O) groups excluding carboxylic acids is 1. The van der Waals surface area contributed by atoms with Crippen molar-refractivity contribution in [1.82, 2.24) is 9.59 Å². The van der Waals surface area contributed by atoms with Crippen LogP contribution in [0.1, 0.15) is 18.4 Å². The first-order valence-electron chi connectivity index (χ1n) is 4.66. The Labute approximate surface area is 89.8 Å². The van der Waals surface area contributed by atoms with Crippen molar-refractivity contribution in [1.29, 1.82) is 0 Å². The molecule has 0 spiro atoms. The van der Waals surface area contributed by atoms with Crippen molar-refractivity contribution in [3.63, 3.8) is 0 Å². The van der Waals surface area contributed by atoms with Gasteiger partial charge in [-0.05, 0) is 42.1 Å². The Morgan fingerprint density at radius 1 is 1.47 bits per heavy atom. The smallest absolute Gasteiger partial charge is 0.211 e. The third-order valence-electron chi connectivity index (χ3n) is 2.77. The number of aliphatic imine (C=N–C) groups is 1. The van der Waals surface area contributed by atoms with Crippen LogP contribution in [0.15, 0.2) is 23.2 Å². The Balaban J connectivity index is 2.15. The van der Waals surface area contributed by atoms with Gasteiger partial charge in [-0.2, -0.15) is 4.99 Å². The zero-order valence-corrected chi connectivity index (χ0v) is 8.62. The van der Waals surface area contributed by atoms with Crippen LogP contribution >= 0.6 is 11.5 Å². The van der Waals surface area contributed by atoms with E-state index in [4.69, 9.17) is 0 Å². The molecule has 1 fully saturated rings. The highest BCUT2D eigenvalue weighted by atomic mass is 32.1. The van der Waals surface area contributed by atoms with Gasteiger partial charge >= 0.3 is 0 Å². The molecule has 0 unspecified atom stereocenters. The number of rotatable bonds is 2. The molecular weight excluding hydrogens is 210 g/mol. The minimum absolute atomic E-state index is 0.292. The average Bonchev–Trinajstić information content (AvgIpc) is 2.89. The lowest BCUT2D eigenvalue weighted by Crippen LogP contribution is -2.01. The molecule has 1 aromatic carbocycles. The summed E-state index contributed by atoms with van der Waals surface area (Å²) in [6, 6.07) is 5.92. The van der Waals surface area contributed by atoms with Gasteiger partial charge in [0.25, 0.3) is 0 Å². The third-order valence-corrected chi connectivity index (χ3v) is 3.46. The van der Waals surface area contributed by atoms with Crippen LogP contribution in [0.4, 0.5) is 0 Å². The summed E-state index contributed by atoms with van der Waals surface area (Å²) in [6.45, 7) is 0. The average molecular weight is 217 g/mol. The zero-order valence-electron chi connectivity index (χ0n) is 7.80. The molecule has 0 radical (unpaired) electrons. The SMILES string of the molecule is O=C=NC1(c2ccc3nnsc3c2)CC1. The second-order valence-electron chi connectivity index (χ2n) is 3.69. The standard InChI is InChI=1S/C10H7N3OS/c14-6-11-10(3-4-10)7-1-2-8-9(5-7)15-13-12-8/h1-2,5H,3-4H2. The van der Waals surface area contributed by atoms with E-state index in [1.54, 1.807) is 6.08 Å². The minimum Gasteiger partial charge on any atom is -0.211 e. The molecule has 0 N–H and O–H groups in total. The van der Waals surface area contributed by atoms with E-state index < -0.39 is 0 Å². The number of hydrogen-bond donors (Lipinski definition) is 0. The Hall–Kier alpha value is -1.58. The Bertz CT molecular complexity index is 567. The summed E-state index contributed by atoms with van der Waals surface area (Å²) in [5.41, 5.74) is 1.68. The second kappa shape index (κ2) is 2.95. The molecule has 1 saturated carbocycles. The lowest BCUT2D eigenvalue weighted by Gasteiger charge is -2.06. The molecule has 5 heteroatoms. The van der Waals surface area contributed by atoms with Crippen LogP contribution in [0.2, 0.25) is 0 Å². The molecule has 0 atom stereocenters. The monoisotopic (exact) mass is 217 g/mol. The van der Waals surface area contributed by atoms with Crippen molar-refractivity contribution in [3.8, 4) is 0 Å². The summed E-state index contributed by atoms with van der Waals surface area (Å²) in [7, 11) is 0. The predicted molar refractivity (Wildman–Crippen MR) is 56.4 cm³/mol. The summed E-state index contributed by atoms with van der Waals surface area (Å²) < 4.78 is 4.92. The number of aromatic nitrogens is 2. The van der Waals surface area contributed by atoms with Crippen molar-refractivity contribution in [3.05, 3.63) is 23.8 Å². The second-order valence-corrected chi connectivity index (χ2v) is 4.48. The van der Waals surface area contributed by atoms with Crippen molar-refractivity contribution in [2.24, 2.45) is 4.99 Å². The summed E-state index contributed by atoms with van der Waals surface area (Å²) in [4.78, 5) is 14.2. The van der Waals surface area contributed by atoms with Crippen molar-refractivity contribution >= 4 is 27.8 Å². The maximum absolute atomic E-state index is 10.3. The van der Waals surface area contributed by atoms with Crippen LogP contribution in [-0.4, -0.2) is 15.7 Å². The van der Waals surface area contributed by atoms with Gasteiger partial charge in [0.15, 0.2) is 0 Å². The maximum atomic E-state index is 10.3. The molecule has 0 saturated heterocycles. The van der Waals surface area contributed by atoms with Gasteiger partial charge < -0.3 is 0 Å². The molecule has 3 rings (SSSR count). The Kier molecular flexibility index (Phi) is 1.71. The fourth-order valence-corrected chi connectivity index (χ4v) is 2.34. The molecule has 1 aromatic heterocycles. The van der Waals surface area contributed by atoms with Crippen LogP contribution in [0, 0.1) is 0 Å². The van der Waals surface area contributed by atoms with Gasteiger partial charge in [0, 0.05) is 0 Å². The van der Waals surface area contributed by atoms with Gasteiger partial charge in [-0.3, -0.25) is 0 Å². The van der Waals surface area contributed by atoms with Gasteiger partial charge in [-0.15, -0.1) is 5.10 Å². The lowest BCUT2D eigenvalue weighted by molar-refractivity contribution is 0.556. The van der Waals surface area contributed by atoms with Crippen molar-refractivity contribution in [2.45, 2.75) is 18.4 Å². The number of benzene rings is 1. The van der Waals surface area contributed by atoms with Gasteiger partial charge in [-0.25, -0.2) is 4.79 Å². The van der Waals surface area contributed by atoms with E-state index in [0.717, 1.165) is 28.6 Å². The van der Waals surface area contributed by atoms with E-state index in [1.807, 2.05) is 18.2 Å². The minimum atomic E-state index is -0.292. The highest BCUT2D eigenvalue weighted by molar-refractivity contribution is 7.12. The first-order chi connectivity index (χ1) is 7.34. The molecule has 1 aliphatic rings. The summed E-state index contributed by atoms with van der Waals surface area (Å²) in [6.07, 6.45) is 3.52. The van der Waals surface area contributed by atoms with Crippen LogP contribution in [0.3, 0.4) is 0 Å². The molecular formula is C10H7N3OS. The van der Waals surface area contributed by atoms with Crippen LogP contribution < -0.4 is 0 Å². The molecule has 1 heterocycles. The lowest BCUT2D eigenvalue weighted by atomic mass is 10.1. The summed E-state index contributed by atoms with van der Waals surface area (Å²) in [5.74, 6) is 0. The predicted octanol–water partition coefficient (Wildman–Crippen LogP) is 2.02. The largest absolute Gasteiger partial charge is 0.235 e. The van der Waals surface area contributed by atoms with Gasteiger partial charge in [0.1, 0.15) is 5.52 Å². The summed E-state index contributed by atoms with van der Waals surface area (Å²) >= 11 is 1.36. The van der Waals surface area contributed by atoms with E-state index in [9.17, 15) is 4.79 Å². The van der Waals surface area contributed by atoms with Gasteiger partial charge in [-0.1, -0.05) is 10.6 Å². The molecule has 0 bridgehead atoms. The fraction of sp³-hybridized carbons (Fsp3) is 0.300. The Morgan fingerprint density at radius 2 is 2.33 bits per heavy atom. The molecule has 15 heavy (non-hydrogen) atoms. The zero-order chi connectivity index (χ0) is 10.3. The topological polar surface area (TPSA) is 55.2 Å². The van der Waals surface area contributed by atoms with E-state index in [1.165, 1.54) is 11.5 Å². The van der Waals surface area contributed by atoms with Gasteiger partial charge in [0.05, 0.1) is 10.2 Å².